The summed E-state index contributed by atoms with van der Waals surface area (Å²) in [6.45, 7) is 3.12. The molecule has 0 atom stereocenters. The van der Waals surface area contributed by atoms with Gasteiger partial charge in [0.1, 0.15) is 5.82 Å². The van der Waals surface area contributed by atoms with Crippen LogP contribution in [0.25, 0.3) is 0 Å². The molecule has 84 valence electrons. The number of pyridine rings is 1. The van der Waals surface area contributed by atoms with Gasteiger partial charge < -0.3 is 5.32 Å². The van der Waals surface area contributed by atoms with Crippen LogP contribution in [0.1, 0.15) is 13.3 Å². The van der Waals surface area contributed by atoms with Crippen LogP contribution in [-0.4, -0.2) is 11.5 Å². The first kappa shape index (κ1) is 11.5. The molecule has 0 bridgehead atoms. The van der Waals surface area contributed by atoms with E-state index in [4.69, 9.17) is 0 Å². The molecule has 16 heavy (non-hydrogen) atoms. The number of hydrogen-bond acceptors (Lipinski definition) is 4. The van der Waals surface area contributed by atoms with E-state index in [1.165, 1.54) is 9.10 Å². The molecule has 1 N–H and O–H groups in total. The topological polar surface area (TPSA) is 24.9 Å². The summed E-state index contributed by atoms with van der Waals surface area (Å²) in [5.41, 5.74) is 0. The molecule has 0 fully saturated rings. The molecule has 0 spiro atoms. The van der Waals surface area contributed by atoms with Gasteiger partial charge in [-0.3, -0.25) is 0 Å². The second-order valence-corrected chi connectivity index (χ2v) is 5.66. The molecule has 0 aliphatic heterocycles. The summed E-state index contributed by atoms with van der Waals surface area (Å²) in [5.74, 6) is 0.961. The highest BCUT2D eigenvalue weighted by atomic mass is 32.2. The fourth-order valence-electron chi connectivity index (χ4n) is 1.26. The summed E-state index contributed by atoms with van der Waals surface area (Å²) in [5, 5.41) is 5.39. The fraction of sp³-hybridized carbons (Fsp3) is 0.250. The van der Waals surface area contributed by atoms with E-state index in [1.807, 2.05) is 12.3 Å². The Morgan fingerprint density at radius 3 is 3.12 bits per heavy atom. The lowest BCUT2D eigenvalue weighted by Gasteiger charge is -2.05. The lowest BCUT2D eigenvalue weighted by molar-refractivity contribution is 0.967. The van der Waals surface area contributed by atoms with Crippen molar-refractivity contribution < 1.29 is 0 Å². The van der Waals surface area contributed by atoms with Gasteiger partial charge in [0.25, 0.3) is 0 Å². The summed E-state index contributed by atoms with van der Waals surface area (Å²) in [6.07, 6.45) is 2.97. The van der Waals surface area contributed by atoms with Crippen LogP contribution in [0.5, 0.6) is 0 Å². The number of aromatic nitrogens is 1. The Bertz CT molecular complexity index is 426. The molecule has 0 amide bonds. The standard InChI is InChI=1S/C12H14N2S2/c1-2-6-13-11-9-10(5-7-14-11)16-12-4-3-8-15-12/h3-5,7-9H,2,6H2,1H3,(H,13,14). The second-order valence-electron chi connectivity index (χ2n) is 3.34. The van der Waals surface area contributed by atoms with Crippen LogP contribution in [-0.2, 0) is 0 Å². The number of nitrogens with zero attached hydrogens (tertiary/aromatic N) is 1. The van der Waals surface area contributed by atoms with E-state index in [-0.39, 0.29) is 0 Å². The molecule has 2 aromatic rings. The van der Waals surface area contributed by atoms with Gasteiger partial charge in [0, 0.05) is 17.6 Å². The molecule has 2 nitrogen and oxygen atoms in total. The molecule has 0 aromatic carbocycles. The smallest absolute Gasteiger partial charge is 0.127 e. The monoisotopic (exact) mass is 250 g/mol. The van der Waals surface area contributed by atoms with E-state index in [9.17, 15) is 0 Å². The molecule has 0 aliphatic rings. The van der Waals surface area contributed by atoms with Crippen LogP contribution >= 0.6 is 23.1 Å². The maximum Gasteiger partial charge on any atom is 0.127 e. The molecule has 2 aromatic heterocycles. The lowest BCUT2D eigenvalue weighted by atomic mass is 10.4. The summed E-state index contributed by atoms with van der Waals surface area (Å²) in [6, 6.07) is 8.35. The Morgan fingerprint density at radius 2 is 2.38 bits per heavy atom. The van der Waals surface area contributed by atoms with Crippen LogP contribution in [0.4, 0.5) is 5.82 Å². The molecule has 2 rings (SSSR count). The van der Waals surface area contributed by atoms with Crippen LogP contribution in [0.2, 0.25) is 0 Å². The van der Waals surface area contributed by atoms with E-state index in [1.54, 1.807) is 23.1 Å². The van der Waals surface area contributed by atoms with E-state index in [0.29, 0.717) is 0 Å². The summed E-state index contributed by atoms with van der Waals surface area (Å²) < 4.78 is 1.31. The van der Waals surface area contributed by atoms with E-state index in [2.05, 4.69) is 40.8 Å². The SMILES string of the molecule is CCCNc1cc(Sc2cccs2)ccn1. The van der Waals surface area contributed by atoms with Crippen LogP contribution in [0.3, 0.4) is 0 Å². The van der Waals surface area contributed by atoms with Crippen molar-refractivity contribution in [2.24, 2.45) is 0 Å². The average molecular weight is 250 g/mol. The normalized spacial score (nSPS) is 10.3. The van der Waals surface area contributed by atoms with E-state index in [0.717, 1.165) is 18.8 Å². The first-order valence-corrected chi connectivity index (χ1v) is 6.99. The molecule has 0 saturated heterocycles. The Balaban J connectivity index is 2.04. The largest absolute Gasteiger partial charge is 0.370 e. The van der Waals surface area contributed by atoms with E-state index < -0.39 is 0 Å². The van der Waals surface area contributed by atoms with Crippen LogP contribution < -0.4 is 5.32 Å². The molecule has 0 aliphatic carbocycles. The molecular weight excluding hydrogens is 236 g/mol. The Morgan fingerprint density at radius 1 is 1.44 bits per heavy atom. The predicted octanol–water partition coefficient (Wildman–Crippen LogP) is 4.12. The Hall–Kier alpha value is -1.00. The number of anilines is 1. The third-order valence-electron chi connectivity index (χ3n) is 2.00. The first-order chi connectivity index (χ1) is 7.88. The van der Waals surface area contributed by atoms with E-state index >= 15 is 0 Å². The zero-order chi connectivity index (χ0) is 11.2. The average Bonchev–Trinajstić information content (AvgIpc) is 2.80. The van der Waals surface area contributed by atoms with Gasteiger partial charge in [0.15, 0.2) is 0 Å². The molecule has 2 heterocycles. The Kier molecular flexibility index (Phi) is 4.25. The fourth-order valence-corrected chi connectivity index (χ4v) is 3.04. The van der Waals surface area contributed by atoms with Gasteiger partial charge in [-0.15, -0.1) is 11.3 Å². The van der Waals surface area contributed by atoms with Crippen molar-refractivity contribution in [3.8, 4) is 0 Å². The van der Waals surface area contributed by atoms with Crippen molar-refractivity contribution >= 4 is 28.9 Å². The minimum Gasteiger partial charge on any atom is -0.370 e. The summed E-state index contributed by atoms with van der Waals surface area (Å²) in [7, 11) is 0. The maximum atomic E-state index is 4.29. The van der Waals surface area contributed by atoms with Gasteiger partial charge in [-0.2, -0.15) is 0 Å². The van der Waals surface area contributed by atoms with Crippen molar-refractivity contribution in [2.45, 2.75) is 22.4 Å². The van der Waals surface area contributed by atoms with Crippen molar-refractivity contribution in [1.29, 1.82) is 0 Å². The molecular formula is C12H14N2S2. The van der Waals surface area contributed by atoms with Crippen molar-refractivity contribution in [3.63, 3.8) is 0 Å². The third kappa shape index (κ3) is 3.25. The molecule has 0 radical (unpaired) electrons. The van der Waals surface area contributed by atoms with Crippen molar-refractivity contribution in [1.82, 2.24) is 4.98 Å². The summed E-state index contributed by atoms with van der Waals surface area (Å²) in [4.78, 5) is 5.52. The van der Waals surface area contributed by atoms with Gasteiger partial charge in [-0.25, -0.2) is 4.98 Å². The summed E-state index contributed by atoms with van der Waals surface area (Å²) >= 11 is 3.54. The third-order valence-corrected chi connectivity index (χ3v) is 4.03. The van der Waals surface area contributed by atoms with Gasteiger partial charge >= 0.3 is 0 Å². The van der Waals surface area contributed by atoms with Crippen LogP contribution in [0.15, 0.2) is 44.9 Å². The zero-order valence-electron chi connectivity index (χ0n) is 9.14. The highest BCUT2D eigenvalue weighted by Gasteiger charge is 2.00. The maximum absolute atomic E-state index is 4.29. The van der Waals surface area contributed by atoms with Gasteiger partial charge in [-0.1, -0.05) is 24.8 Å². The minimum absolute atomic E-state index is 0.961. The predicted molar refractivity (Wildman–Crippen MR) is 71.5 cm³/mol. The van der Waals surface area contributed by atoms with Gasteiger partial charge in [0.05, 0.1) is 4.21 Å². The zero-order valence-corrected chi connectivity index (χ0v) is 10.8. The number of rotatable bonds is 5. The quantitative estimate of drug-likeness (QED) is 0.864. The number of thiophene rings is 1. The van der Waals surface area contributed by atoms with Gasteiger partial charge in [0.2, 0.25) is 0 Å². The molecule has 0 saturated carbocycles. The van der Waals surface area contributed by atoms with Crippen LogP contribution in [0, 0.1) is 0 Å². The first-order valence-electron chi connectivity index (χ1n) is 5.30. The highest BCUT2D eigenvalue weighted by molar-refractivity contribution is 8.01. The highest BCUT2D eigenvalue weighted by Crippen LogP contribution is 2.31. The number of hydrogen-bond donors (Lipinski definition) is 1. The molecule has 4 heteroatoms. The lowest BCUT2D eigenvalue weighted by Crippen LogP contribution is -2.01. The number of nitrogens with one attached hydrogen (secondary N) is 1. The Labute approximate surface area is 104 Å². The van der Waals surface area contributed by atoms with Crippen molar-refractivity contribution in [3.05, 3.63) is 35.8 Å². The van der Waals surface area contributed by atoms with Crippen molar-refractivity contribution in [2.75, 3.05) is 11.9 Å². The van der Waals surface area contributed by atoms with Gasteiger partial charge in [-0.05, 0) is 30.0 Å². The minimum atomic E-state index is 0.961. The molecule has 0 unspecified atom stereocenters. The second kappa shape index (κ2) is 5.92.